The van der Waals surface area contributed by atoms with E-state index in [4.69, 9.17) is 4.74 Å². The van der Waals surface area contributed by atoms with E-state index >= 15 is 0 Å². The van der Waals surface area contributed by atoms with Crippen molar-refractivity contribution < 1.29 is 22.7 Å². The van der Waals surface area contributed by atoms with Crippen molar-refractivity contribution in [3.8, 4) is 11.6 Å². The highest BCUT2D eigenvalue weighted by molar-refractivity contribution is 5.91. The molecule has 0 aliphatic heterocycles. The molecule has 3 rings (SSSR count). The topological polar surface area (TPSA) is 44.1 Å². The van der Waals surface area contributed by atoms with E-state index in [2.05, 4.69) is 5.10 Å². The smallest absolute Gasteiger partial charge is 0.404 e. The lowest BCUT2D eigenvalue weighted by atomic mass is 10.1. The molecule has 0 N–H and O–H groups in total. The lowest BCUT2D eigenvalue weighted by molar-refractivity contribution is -0.137. The maximum atomic E-state index is 12.7. The van der Waals surface area contributed by atoms with Gasteiger partial charge in [0.25, 0.3) is 0 Å². The van der Waals surface area contributed by atoms with E-state index in [9.17, 15) is 18.0 Å². The molecule has 0 aliphatic rings. The molecule has 4 nitrogen and oxygen atoms in total. The van der Waals surface area contributed by atoms with E-state index < -0.39 is 17.7 Å². The molecule has 0 atom stereocenters. The number of halogens is 3. The summed E-state index contributed by atoms with van der Waals surface area (Å²) >= 11 is 0. The Hall–Kier alpha value is -3.09. The zero-order valence-corrected chi connectivity index (χ0v) is 14.7. The van der Waals surface area contributed by atoms with Crippen LogP contribution in [0.5, 0.6) is 5.88 Å². The van der Waals surface area contributed by atoms with Gasteiger partial charge in [0, 0.05) is 6.07 Å². The monoisotopic (exact) mass is 374 g/mol. The number of para-hydroxylation sites is 1. The summed E-state index contributed by atoms with van der Waals surface area (Å²) in [4.78, 5) is 12.4. The van der Waals surface area contributed by atoms with E-state index in [0.717, 1.165) is 30.0 Å². The van der Waals surface area contributed by atoms with Gasteiger partial charge in [0.05, 0.1) is 22.5 Å². The average Bonchev–Trinajstić information content (AvgIpc) is 3.06. The lowest BCUT2D eigenvalue weighted by Crippen LogP contribution is -2.12. The van der Waals surface area contributed by atoms with Crippen LogP contribution >= 0.6 is 0 Å². The van der Waals surface area contributed by atoms with Gasteiger partial charge in [-0.25, -0.2) is 9.48 Å². The van der Waals surface area contributed by atoms with Crippen molar-refractivity contribution in [2.45, 2.75) is 25.9 Å². The average molecular weight is 374 g/mol. The van der Waals surface area contributed by atoms with Gasteiger partial charge in [-0.15, -0.1) is 0 Å². The molecule has 27 heavy (non-hydrogen) atoms. The van der Waals surface area contributed by atoms with Crippen LogP contribution in [0.25, 0.3) is 5.69 Å². The van der Waals surface area contributed by atoms with Gasteiger partial charge in [-0.3, -0.25) is 0 Å². The Labute approximate surface area is 154 Å². The Morgan fingerprint density at radius 1 is 1.04 bits per heavy atom. The van der Waals surface area contributed by atoms with E-state index in [-0.39, 0.29) is 17.4 Å². The Balaban J connectivity index is 1.89. The zero-order valence-electron chi connectivity index (χ0n) is 14.7. The van der Waals surface area contributed by atoms with E-state index in [1.807, 2.05) is 44.2 Å². The quantitative estimate of drug-likeness (QED) is 0.587. The third kappa shape index (κ3) is 4.19. The van der Waals surface area contributed by atoms with Gasteiger partial charge in [-0.05, 0) is 42.3 Å². The number of aromatic nitrogens is 2. The largest absolute Gasteiger partial charge is 0.416 e. The van der Waals surface area contributed by atoms with Crippen LogP contribution in [0.4, 0.5) is 13.2 Å². The first-order chi connectivity index (χ1) is 12.8. The van der Waals surface area contributed by atoms with Crippen LogP contribution in [-0.4, -0.2) is 15.7 Å². The number of nitrogens with zero attached hydrogens (tertiary/aromatic N) is 2. The molecule has 0 radical (unpaired) electrons. The summed E-state index contributed by atoms with van der Waals surface area (Å²) < 4.78 is 44.9. The summed E-state index contributed by atoms with van der Waals surface area (Å²) in [5, 5.41) is 4.46. The highest BCUT2D eigenvalue weighted by Crippen LogP contribution is 2.29. The minimum absolute atomic E-state index is 0.0231. The van der Waals surface area contributed by atoms with Gasteiger partial charge in [-0.1, -0.05) is 32.0 Å². The number of hydrogen-bond acceptors (Lipinski definition) is 3. The molecule has 0 saturated heterocycles. The summed E-state index contributed by atoms with van der Waals surface area (Å²) in [7, 11) is 0. The minimum atomic E-state index is -4.46. The predicted octanol–water partition coefficient (Wildman–Crippen LogP) is 5.23. The second kappa shape index (κ2) is 7.26. The van der Waals surface area contributed by atoms with Gasteiger partial charge in [-0.2, -0.15) is 18.3 Å². The number of carbonyl (C=O) groups is 1. The Bertz CT molecular complexity index is 930. The molecule has 0 saturated carbocycles. The van der Waals surface area contributed by atoms with Crippen molar-refractivity contribution in [2.24, 2.45) is 0 Å². The van der Waals surface area contributed by atoms with Crippen LogP contribution in [0, 0.1) is 0 Å². The fourth-order valence-electron chi connectivity index (χ4n) is 2.44. The predicted molar refractivity (Wildman–Crippen MR) is 94.1 cm³/mol. The summed E-state index contributed by atoms with van der Waals surface area (Å²) in [5.74, 6) is -0.440. The normalized spacial score (nSPS) is 11.6. The molecule has 2 aromatic carbocycles. The first kappa shape index (κ1) is 18.7. The lowest BCUT2D eigenvalue weighted by Gasteiger charge is -2.09. The fourth-order valence-corrected chi connectivity index (χ4v) is 2.44. The van der Waals surface area contributed by atoms with Crippen molar-refractivity contribution in [1.82, 2.24) is 9.78 Å². The SMILES string of the molecule is CC(C)c1cc(OC(=O)c2ccc(C(F)(F)F)cc2)n(-c2ccccc2)n1. The molecular formula is C20H17F3N2O2. The molecule has 3 aromatic rings. The molecule has 1 heterocycles. The molecule has 1 aromatic heterocycles. The maximum Gasteiger partial charge on any atom is 0.416 e. The summed E-state index contributed by atoms with van der Waals surface area (Å²) in [6.45, 7) is 3.91. The van der Waals surface area contributed by atoms with Gasteiger partial charge in [0.2, 0.25) is 5.88 Å². The van der Waals surface area contributed by atoms with Crippen LogP contribution < -0.4 is 4.74 Å². The van der Waals surface area contributed by atoms with Crippen molar-refractivity contribution in [2.75, 3.05) is 0 Å². The first-order valence-corrected chi connectivity index (χ1v) is 8.30. The molecule has 0 bridgehead atoms. The number of alkyl halides is 3. The Morgan fingerprint density at radius 2 is 1.67 bits per heavy atom. The third-order valence-electron chi connectivity index (χ3n) is 3.93. The summed E-state index contributed by atoms with van der Waals surface area (Å²) in [5.41, 5.74) is 0.638. The molecule has 140 valence electrons. The van der Waals surface area contributed by atoms with Gasteiger partial charge < -0.3 is 4.74 Å². The molecule has 0 unspecified atom stereocenters. The highest BCUT2D eigenvalue weighted by atomic mass is 19.4. The highest BCUT2D eigenvalue weighted by Gasteiger charge is 2.30. The molecule has 0 fully saturated rings. The van der Waals surface area contributed by atoms with Crippen molar-refractivity contribution in [3.05, 3.63) is 77.5 Å². The molecule has 0 spiro atoms. The third-order valence-corrected chi connectivity index (χ3v) is 3.93. The first-order valence-electron chi connectivity index (χ1n) is 8.30. The van der Waals surface area contributed by atoms with Gasteiger partial charge >= 0.3 is 12.1 Å². The number of benzene rings is 2. The van der Waals surface area contributed by atoms with Crippen LogP contribution in [0.2, 0.25) is 0 Å². The van der Waals surface area contributed by atoms with Crippen molar-refractivity contribution >= 4 is 5.97 Å². The van der Waals surface area contributed by atoms with E-state index in [1.165, 1.54) is 4.68 Å². The molecule has 0 amide bonds. The summed E-state index contributed by atoms with van der Waals surface area (Å²) in [6.07, 6.45) is -4.46. The second-order valence-corrected chi connectivity index (χ2v) is 6.27. The number of carbonyl (C=O) groups excluding carboxylic acids is 1. The van der Waals surface area contributed by atoms with Gasteiger partial charge in [0.1, 0.15) is 0 Å². The zero-order chi connectivity index (χ0) is 19.6. The molecular weight excluding hydrogens is 357 g/mol. The van der Waals surface area contributed by atoms with Crippen LogP contribution in [-0.2, 0) is 6.18 Å². The molecule has 0 aliphatic carbocycles. The fraction of sp³-hybridized carbons (Fsp3) is 0.200. The number of esters is 1. The van der Waals surface area contributed by atoms with Crippen LogP contribution in [0.1, 0.15) is 41.4 Å². The van der Waals surface area contributed by atoms with E-state index in [1.54, 1.807) is 6.07 Å². The maximum absolute atomic E-state index is 12.7. The van der Waals surface area contributed by atoms with Crippen LogP contribution in [0.3, 0.4) is 0 Å². The minimum Gasteiger partial charge on any atom is -0.404 e. The summed E-state index contributed by atoms with van der Waals surface area (Å²) in [6, 6.07) is 14.7. The number of hydrogen-bond donors (Lipinski definition) is 0. The van der Waals surface area contributed by atoms with Crippen molar-refractivity contribution in [1.29, 1.82) is 0 Å². The van der Waals surface area contributed by atoms with Gasteiger partial charge in [0.15, 0.2) is 0 Å². The van der Waals surface area contributed by atoms with Crippen LogP contribution in [0.15, 0.2) is 60.7 Å². The Kier molecular flexibility index (Phi) is 5.03. The Morgan fingerprint density at radius 3 is 2.22 bits per heavy atom. The number of ether oxygens (including phenoxy) is 1. The second-order valence-electron chi connectivity index (χ2n) is 6.27. The molecule has 7 heteroatoms. The number of rotatable bonds is 4. The standard InChI is InChI=1S/C20H17F3N2O2/c1-13(2)17-12-18(25(24-17)16-6-4-3-5-7-16)27-19(26)14-8-10-15(11-9-14)20(21,22)23/h3-13H,1-2H3. The van der Waals surface area contributed by atoms with Crippen molar-refractivity contribution in [3.63, 3.8) is 0 Å². The van der Waals surface area contributed by atoms with E-state index in [0.29, 0.717) is 5.69 Å².